The van der Waals surface area contributed by atoms with E-state index in [0.717, 1.165) is 5.75 Å². The average molecular weight is 334 g/mol. The summed E-state index contributed by atoms with van der Waals surface area (Å²) in [6, 6.07) is 0. The molecule has 1 aromatic heterocycles. The van der Waals surface area contributed by atoms with Gasteiger partial charge in [-0.25, -0.2) is 0 Å². The lowest BCUT2D eigenvalue weighted by Gasteiger charge is -2.22. The van der Waals surface area contributed by atoms with Crippen molar-refractivity contribution in [2.45, 2.75) is 12.0 Å². The van der Waals surface area contributed by atoms with E-state index >= 15 is 0 Å². The Balaban J connectivity index is 2.15. The summed E-state index contributed by atoms with van der Waals surface area (Å²) in [4.78, 5) is 14.2. The molecular weight excluding hydrogens is 322 g/mol. The number of halogens is 1. The van der Waals surface area contributed by atoms with Gasteiger partial charge in [0, 0.05) is 18.5 Å². The molecule has 2 heterocycles. The number of aliphatic hydroxyl groups is 1. The number of rotatable bonds is 4. The molecule has 1 aromatic rings. The number of pyridine rings is 1. The third kappa shape index (κ3) is 2.93. The van der Waals surface area contributed by atoms with Crippen molar-refractivity contribution >= 4 is 39.1 Å². The van der Waals surface area contributed by atoms with Gasteiger partial charge in [-0.2, -0.15) is 11.8 Å². The van der Waals surface area contributed by atoms with Gasteiger partial charge >= 0.3 is 5.69 Å². The van der Waals surface area contributed by atoms with Crippen LogP contribution in [0.25, 0.3) is 0 Å². The second-order valence-corrected chi connectivity index (χ2v) is 6.11. The molecule has 0 spiro atoms. The Bertz CT molecular complexity index is 466. The van der Waals surface area contributed by atoms with Gasteiger partial charge in [0.05, 0.1) is 15.0 Å². The number of nitrogens with one attached hydrogen (secondary N) is 1. The van der Waals surface area contributed by atoms with Gasteiger partial charge in [0.1, 0.15) is 11.9 Å². The molecule has 8 heteroatoms. The minimum Gasteiger partial charge on any atom is -0.387 e. The second-order valence-electron chi connectivity index (χ2n) is 4.15. The van der Waals surface area contributed by atoms with Gasteiger partial charge in [-0.3, -0.25) is 15.1 Å². The number of hydrogen-bond donors (Lipinski definition) is 2. The van der Waals surface area contributed by atoms with Crippen LogP contribution in [0.3, 0.4) is 0 Å². The minimum absolute atomic E-state index is 0.0985. The zero-order valence-corrected chi connectivity index (χ0v) is 11.8. The predicted octanol–water partition coefficient (Wildman–Crippen LogP) is 2.03. The summed E-state index contributed by atoms with van der Waals surface area (Å²) >= 11 is 4.91. The van der Waals surface area contributed by atoms with E-state index in [1.165, 1.54) is 12.4 Å². The molecular formula is C10H12BrN3O3S. The maximum atomic E-state index is 10.9. The zero-order valence-electron chi connectivity index (χ0n) is 9.43. The summed E-state index contributed by atoms with van der Waals surface area (Å²) < 4.78 is 0.519. The molecule has 6 nitrogen and oxygen atoms in total. The van der Waals surface area contributed by atoms with Crippen molar-refractivity contribution in [2.75, 3.05) is 23.4 Å². The smallest absolute Gasteiger partial charge is 0.311 e. The van der Waals surface area contributed by atoms with Gasteiger partial charge in [0.15, 0.2) is 0 Å². The highest BCUT2D eigenvalue weighted by Gasteiger charge is 2.32. The summed E-state index contributed by atoms with van der Waals surface area (Å²) in [5.41, 5.74) is -0.528. The number of anilines is 1. The van der Waals surface area contributed by atoms with Crippen molar-refractivity contribution in [3.8, 4) is 0 Å². The monoisotopic (exact) mass is 333 g/mol. The van der Waals surface area contributed by atoms with Crippen LogP contribution in [0, 0.1) is 10.1 Å². The summed E-state index contributed by atoms with van der Waals surface area (Å²) in [7, 11) is 0. The Morgan fingerprint density at radius 3 is 3.06 bits per heavy atom. The largest absolute Gasteiger partial charge is 0.387 e. The van der Waals surface area contributed by atoms with Crippen molar-refractivity contribution in [2.24, 2.45) is 0 Å². The van der Waals surface area contributed by atoms with Crippen LogP contribution in [0.4, 0.5) is 11.4 Å². The lowest BCUT2D eigenvalue weighted by molar-refractivity contribution is -0.384. The normalized spacial score (nSPS) is 23.0. The molecule has 2 N–H and O–H groups in total. The highest BCUT2D eigenvalue weighted by molar-refractivity contribution is 9.10. The first-order valence-corrected chi connectivity index (χ1v) is 7.28. The predicted molar refractivity (Wildman–Crippen MR) is 74.0 cm³/mol. The second kappa shape index (κ2) is 5.41. The number of thioether (sulfide) groups is 1. The van der Waals surface area contributed by atoms with E-state index in [1.54, 1.807) is 11.8 Å². The molecule has 1 unspecified atom stereocenters. The van der Waals surface area contributed by atoms with Crippen molar-refractivity contribution < 1.29 is 10.0 Å². The average Bonchev–Trinajstić information content (AvgIpc) is 2.74. The van der Waals surface area contributed by atoms with Crippen LogP contribution < -0.4 is 5.32 Å². The lowest BCUT2D eigenvalue weighted by atomic mass is 10.0. The highest BCUT2D eigenvalue weighted by Crippen LogP contribution is 2.33. The number of nitrogens with zero attached hydrogens (tertiary/aromatic N) is 2. The van der Waals surface area contributed by atoms with Gasteiger partial charge in [0.25, 0.3) is 0 Å². The van der Waals surface area contributed by atoms with Crippen molar-refractivity contribution in [3.05, 3.63) is 27.0 Å². The molecule has 0 amide bonds. The molecule has 1 aliphatic heterocycles. The van der Waals surface area contributed by atoms with Crippen LogP contribution in [0.5, 0.6) is 0 Å². The van der Waals surface area contributed by atoms with E-state index in [-0.39, 0.29) is 5.69 Å². The fourth-order valence-electron chi connectivity index (χ4n) is 1.73. The Morgan fingerprint density at radius 2 is 2.44 bits per heavy atom. The maximum absolute atomic E-state index is 10.9. The van der Waals surface area contributed by atoms with E-state index in [9.17, 15) is 15.2 Å². The van der Waals surface area contributed by atoms with Crippen LogP contribution >= 0.6 is 27.7 Å². The van der Waals surface area contributed by atoms with Crippen LogP contribution in [-0.2, 0) is 0 Å². The third-order valence-corrected chi connectivity index (χ3v) is 4.59. The van der Waals surface area contributed by atoms with E-state index < -0.39 is 10.5 Å². The van der Waals surface area contributed by atoms with Crippen LogP contribution in [-0.4, -0.2) is 38.7 Å². The zero-order chi connectivity index (χ0) is 13.2. The van der Waals surface area contributed by atoms with Gasteiger partial charge in [0.2, 0.25) is 0 Å². The van der Waals surface area contributed by atoms with Crippen molar-refractivity contribution in [3.63, 3.8) is 0 Å². The van der Waals surface area contributed by atoms with Crippen LogP contribution in [0.15, 0.2) is 16.9 Å². The Labute approximate surface area is 116 Å². The molecule has 0 aliphatic carbocycles. The summed E-state index contributed by atoms with van der Waals surface area (Å²) in [6.45, 7) is 0.295. The SMILES string of the molecule is O=[N+]([O-])c1cncc(Br)c1NCC1(O)CCSC1. The molecule has 18 heavy (non-hydrogen) atoms. The molecule has 1 aliphatic rings. The molecule has 0 saturated carbocycles. The highest BCUT2D eigenvalue weighted by atomic mass is 79.9. The minimum atomic E-state index is -0.790. The van der Waals surface area contributed by atoms with E-state index in [0.29, 0.717) is 28.9 Å². The first-order chi connectivity index (χ1) is 8.52. The summed E-state index contributed by atoms with van der Waals surface area (Å²) in [6.07, 6.45) is 3.38. The van der Waals surface area contributed by atoms with Crippen molar-refractivity contribution in [1.29, 1.82) is 0 Å². The van der Waals surface area contributed by atoms with Gasteiger partial charge in [-0.1, -0.05) is 0 Å². The number of nitro groups is 1. The Hall–Kier alpha value is -0.860. The van der Waals surface area contributed by atoms with E-state index in [1.807, 2.05) is 0 Å². The molecule has 98 valence electrons. The number of aromatic nitrogens is 1. The summed E-state index contributed by atoms with van der Waals surface area (Å²) in [5, 5.41) is 24.0. The fraction of sp³-hybridized carbons (Fsp3) is 0.500. The van der Waals surface area contributed by atoms with Gasteiger partial charge in [-0.05, 0) is 28.1 Å². The molecule has 1 saturated heterocycles. The molecule has 2 rings (SSSR count). The quantitative estimate of drug-likeness (QED) is 0.647. The standard InChI is InChI=1S/C10H12BrN3O3S/c11-7-3-12-4-8(14(16)17)9(7)13-5-10(15)1-2-18-6-10/h3-4,15H,1-2,5-6H2,(H,12,13). The molecule has 0 bridgehead atoms. The van der Waals surface area contributed by atoms with Gasteiger partial charge < -0.3 is 10.4 Å². The Kier molecular flexibility index (Phi) is 4.08. The van der Waals surface area contributed by atoms with E-state index in [4.69, 9.17) is 0 Å². The molecule has 1 fully saturated rings. The maximum Gasteiger partial charge on any atom is 0.311 e. The third-order valence-electron chi connectivity index (χ3n) is 2.75. The van der Waals surface area contributed by atoms with Crippen molar-refractivity contribution in [1.82, 2.24) is 4.98 Å². The molecule has 0 aromatic carbocycles. The molecule has 1 atom stereocenters. The topological polar surface area (TPSA) is 88.3 Å². The Morgan fingerprint density at radius 1 is 1.67 bits per heavy atom. The van der Waals surface area contributed by atoms with E-state index in [2.05, 4.69) is 26.2 Å². The fourth-order valence-corrected chi connectivity index (χ4v) is 3.48. The van der Waals surface area contributed by atoms with Gasteiger partial charge in [-0.15, -0.1) is 0 Å². The first kappa shape index (κ1) is 13.6. The van der Waals surface area contributed by atoms with Crippen LogP contribution in [0.2, 0.25) is 0 Å². The molecule has 0 radical (unpaired) electrons. The lowest BCUT2D eigenvalue weighted by Crippen LogP contribution is -2.36. The van der Waals surface area contributed by atoms with Crippen LogP contribution in [0.1, 0.15) is 6.42 Å². The first-order valence-electron chi connectivity index (χ1n) is 5.34. The summed E-state index contributed by atoms with van der Waals surface area (Å²) in [5.74, 6) is 1.56. The number of hydrogen-bond acceptors (Lipinski definition) is 6.